The summed E-state index contributed by atoms with van der Waals surface area (Å²) < 4.78 is 19.1. The fraction of sp³-hybridized carbons (Fsp3) is 0.290. The highest BCUT2D eigenvalue weighted by Gasteiger charge is 2.39. The molecule has 0 aliphatic carbocycles. The number of benzene rings is 3. The molecule has 4 rings (SSSR count). The van der Waals surface area contributed by atoms with E-state index in [-0.39, 0.29) is 13.2 Å². The Morgan fingerprint density at radius 3 is 1.85 bits per heavy atom. The predicted molar refractivity (Wildman–Crippen MR) is 149 cm³/mol. The number of H-pyrrole nitrogens is 1. The minimum absolute atomic E-state index is 0.106. The molecule has 0 spiro atoms. The molecule has 204 valence electrons. The van der Waals surface area contributed by atoms with Crippen LogP contribution in [0.25, 0.3) is 0 Å². The molecule has 0 radical (unpaired) electrons. The van der Waals surface area contributed by atoms with Crippen LogP contribution in [0.4, 0.5) is 0 Å². The van der Waals surface area contributed by atoms with Gasteiger partial charge in [-0.2, -0.15) is 0 Å². The van der Waals surface area contributed by atoms with Crippen molar-refractivity contribution in [2.75, 3.05) is 20.8 Å². The summed E-state index contributed by atoms with van der Waals surface area (Å²) in [6, 6.07) is 25.2. The molecule has 0 amide bonds. The molecule has 1 heterocycles. The highest BCUT2D eigenvalue weighted by molar-refractivity contribution is 5.49. The van der Waals surface area contributed by atoms with E-state index in [1.54, 1.807) is 28.1 Å². The average molecular weight is 531 g/mol. The van der Waals surface area contributed by atoms with Crippen LogP contribution >= 0.6 is 0 Å². The van der Waals surface area contributed by atoms with Crippen LogP contribution in [0.15, 0.2) is 94.6 Å². The van der Waals surface area contributed by atoms with E-state index in [1.165, 1.54) is 10.8 Å². The summed E-state index contributed by atoms with van der Waals surface area (Å²) in [6.07, 6.45) is 0.706. The summed E-state index contributed by atoms with van der Waals surface area (Å²) in [4.78, 5) is 26.7. The van der Waals surface area contributed by atoms with Crippen LogP contribution in [0.5, 0.6) is 11.5 Å². The van der Waals surface area contributed by atoms with Gasteiger partial charge >= 0.3 is 5.69 Å². The van der Waals surface area contributed by atoms with E-state index in [1.807, 2.05) is 78.9 Å². The number of aromatic amines is 1. The van der Waals surface area contributed by atoms with Gasteiger partial charge in [0, 0.05) is 24.2 Å². The maximum atomic E-state index is 12.5. The van der Waals surface area contributed by atoms with E-state index < -0.39 is 28.9 Å². The Balaban J connectivity index is 1.82. The van der Waals surface area contributed by atoms with Gasteiger partial charge in [-0.05, 0) is 54.8 Å². The van der Waals surface area contributed by atoms with E-state index in [9.17, 15) is 14.7 Å². The summed E-state index contributed by atoms with van der Waals surface area (Å²) in [7, 11) is 3.24. The molecule has 0 bridgehead atoms. The van der Waals surface area contributed by atoms with Crippen molar-refractivity contribution >= 4 is 0 Å². The average Bonchev–Trinajstić information content (AvgIpc) is 2.96. The highest BCUT2D eigenvalue weighted by atomic mass is 16.5. The van der Waals surface area contributed by atoms with Crippen LogP contribution in [0.1, 0.15) is 29.2 Å². The zero-order valence-electron chi connectivity index (χ0n) is 22.6. The van der Waals surface area contributed by atoms with Gasteiger partial charge in [-0.15, -0.1) is 0 Å². The molecule has 0 aliphatic heterocycles. The number of methoxy groups -OCH3 is 2. The zero-order chi connectivity index (χ0) is 28.0. The van der Waals surface area contributed by atoms with Gasteiger partial charge in [0.15, 0.2) is 0 Å². The number of rotatable bonds is 11. The van der Waals surface area contributed by atoms with E-state index in [4.69, 9.17) is 14.2 Å². The number of nitrogens with one attached hydrogen (secondary N) is 1. The van der Waals surface area contributed by atoms with Crippen molar-refractivity contribution in [1.82, 2.24) is 9.55 Å². The molecule has 2 N–H and O–H groups in total. The van der Waals surface area contributed by atoms with Crippen molar-refractivity contribution in [3.8, 4) is 11.5 Å². The van der Waals surface area contributed by atoms with Gasteiger partial charge in [0.2, 0.25) is 0 Å². The molecule has 1 aromatic heterocycles. The normalized spacial score (nSPS) is 13.1. The number of hydrogen-bond acceptors (Lipinski definition) is 6. The summed E-state index contributed by atoms with van der Waals surface area (Å²) >= 11 is 0. The molecule has 0 fully saturated rings. The van der Waals surface area contributed by atoms with Crippen molar-refractivity contribution < 1.29 is 19.3 Å². The van der Waals surface area contributed by atoms with Gasteiger partial charge in [0.05, 0.1) is 26.9 Å². The van der Waals surface area contributed by atoms with Crippen LogP contribution in [-0.4, -0.2) is 41.6 Å². The number of aryl methyl sites for hydroxylation is 1. The molecule has 4 aromatic rings. The van der Waals surface area contributed by atoms with Crippen LogP contribution in [0.3, 0.4) is 0 Å². The number of aliphatic hydroxyl groups is 1. The van der Waals surface area contributed by atoms with Crippen LogP contribution in [0, 0.1) is 12.8 Å². The number of aromatic nitrogens is 2. The Labute approximate surface area is 227 Å². The van der Waals surface area contributed by atoms with Gasteiger partial charge in [0.1, 0.15) is 17.1 Å². The molecule has 0 saturated carbocycles. The molecule has 39 heavy (non-hydrogen) atoms. The van der Waals surface area contributed by atoms with E-state index >= 15 is 0 Å². The molecule has 0 aliphatic rings. The molecule has 8 nitrogen and oxygen atoms in total. The summed E-state index contributed by atoms with van der Waals surface area (Å²) in [5.41, 5.74) is 1.01. The molecule has 2 atom stereocenters. The summed E-state index contributed by atoms with van der Waals surface area (Å²) in [5, 5.41) is 10.7. The lowest BCUT2D eigenvalue weighted by Crippen LogP contribution is -2.39. The number of hydrogen-bond donors (Lipinski definition) is 2. The van der Waals surface area contributed by atoms with Crippen molar-refractivity contribution in [2.45, 2.75) is 32.1 Å². The van der Waals surface area contributed by atoms with Gasteiger partial charge in [0.25, 0.3) is 5.56 Å². The van der Waals surface area contributed by atoms with Crippen LogP contribution < -0.4 is 20.7 Å². The number of aliphatic hydroxyl groups excluding tert-OH is 1. The fourth-order valence-corrected chi connectivity index (χ4v) is 4.66. The van der Waals surface area contributed by atoms with Gasteiger partial charge < -0.3 is 19.3 Å². The standard InChI is InChI=1S/C31H34N2O6/c1-21-18-33(30(36)32-29(21)35)19-23(22(2)34)20-39-31(24-8-6-5-7-9-24,25-10-14-27(37-3)15-11-25)26-12-16-28(38-4)17-13-26/h5-18,22-23,34H,19-20H2,1-4H3,(H,32,35,36)/t22-,23+/m1/s1. The Kier molecular flexibility index (Phi) is 8.69. The lowest BCUT2D eigenvalue weighted by Gasteiger charge is -2.37. The number of nitrogens with zero attached hydrogens (tertiary/aromatic N) is 1. The quantitative estimate of drug-likeness (QED) is 0.286. The Hall–Kier alpha value is -4.14. The molecule has 0 saturated heterocycles. The molecular formula is C31H34N2O6. The van der Waals surface area contributed by atoms with Crippen LogP contribution in [-0.2, 0) is 16.9 Å². The molecule has 0 unspecified atom stereocenters. The van der Waals surface area contributed by atoms with Crippen LogP contribution in [0.2, 0.25) is 0 Å². The maximum Gasteiger partial charge on any atom is 0.328 e. The van der Waals surface area contributed by atoms with E-state index in [0.29, 0.717) is 17.1 Å². The Bertz CT molecular complexity index is 1430. The molecule has 3 aromatic carbocycles. The molecular weight excluding hydrogens is 496 g/mol. The van der Waals surface area contributed by atoms with Crippen molar-refractivity contribution in [3.05, 3.63) is 128 Å². The van der Waals surface area contributed by atoms with Crippen molar-refractivity contribution in [2.24, 2.45) is 5.92 Å². The van der Waals surface area contributed by atoms with Gasteiger partial charge in [-0.1, -0.05) is 54.6 Å². The minimum Gasteiger partial charge on any atom is -0.497 e. The van der Waals surface area contributed by atoms with E-state index in [2.05, 4.69) is 4.98 Å². The second-order valence-electron chi connectivity index (χ2n) is 9.54. The second kappa shape index (κ2) is 12.1. The van der Waals surface area contributed by atoms with Crippen molar-refractivity contribution in [3.63, 3.8) is 0 Å². The highest BCUT2D eigenvalue weighted by Crippen LogP contribution is 2.42. The largest absolute Gasteiger partial charge is 0.497 e. The Morgan fingerprint density at radius 2 is 1.36 bits per heavy atom. The second-order valence-corrected chi connectivity index (χ2v) is 9.54. The predicted octanol–water partition coefficient (Wildman–Crippen LogP) is 3.87. The Morgan fingerprint density at radius 1 is 0.846 bits per heavy atom. The zero-order valence-corrected chi connectivity index (χ0v) is 22.6. The third-order valence-electron chi connectivity index (χ3n) is 6.99. The third kappa shape index (κ3) is 5.97. The first-order valence-electron chi connectivity index (χ1n) is 12.8. The topological polar surface area (TPSA) is 103 Å². The first kappa shape index (κ1) is 27.9. The molecule has 8 heteroatoms. The smallest absolute Gasteiger partial charge is 0.328 e. The summed E-state index contributed by atoms with van der Waals surface area (Å²) in [6.45, 7) is 3.57. The lowest BCUT2D eigenvalue weighted by atomic mass is 9.79. The maximum absolute atomic E-state index is 12.5. The first-order chi connectivity index (χ1) is 18.8. The third-order valence-corrected chi connectivity index (χ3v) is 6.99. The van der Waals surface area contributed by atoms with Gasteiger partial charge in [-0.25, -0.2) is 4.79 Å². The monoisotopic (exact) mass is 530 g/mol. The lowest BCUT2D eigenvalue weighted by molar-refractivity contribution is -0.0387. The van der Waals surface area contributed by atoms with Gasteiger partial charge in [-0.3, -0.25) is 14.3 Å². The fourth-order valence-electron chi connectivity index (χ4n) is 4.66. The number of ether oxygens (including phenoxy) is 3. The van der Waals surface area contributed by atoms with Crippen molar-refractivity contribution in [1.29, 1.82) is 0 Å². The SMILES string of the molecule is COc1ccc(C(OC[C@H](Cn2cc(C)c(=O)[nH]c2=O)[C@@H](C)O)(c2ccccc2)c2ccc(OC)cc2)cc1. The van der Waals surface area contributed by atoms with E-state index in [0.717, 1.165) is 16.7 Å². The summed E-state index contributed by atoms with van der Waals surface area (Å²) in [5.74, 6) is 0.961. The minimum atomic E-state index is -1.06. The first-order valence-corrected chi connectivity index (χ1v) is 12.8.